The van der Waals surface area contributed by atoms with Crippen molar-refractivity contribution < 1.29 is 9.53 Å². The zero-order chi connectivity index (χ0) is 12.9. The van der Waals surface area contributed by atoms with Gasteiger partial charge in [0.1, 0.15) is 0 Å². The van der Waals surface area contributed by atoms with Crippen molar-refractivity contribution in [2.24, 2.45) is 0 Å². The molecule has 0 atom stereocenters. The summed E-state index contributed by atoms with van der Waals surface area (Å²) < 4.78 is 4.38. The molecule has 15 heavy (non-hydrogen) atoms. The van der Waals surface area contributed by atoms with Crippen LogP contribution in [-0.4, -0.2) is 13.1 Å². The fourth-order valence-electron chi connectivity index (χ4n) is 0.174. The van der Waals surface area contributed by atoms with Crippen LogP contribution in [-0.2, 0) is 9.53 Å². The van der Waals surface area contributed by atoms with Gasteiger partial charge in [0.05, 0.1) is 17.7 Å². The van der Waals surface area contributed by atoms with Crippen LogP contribution >= 0.6 is 23.2 Å². The number of carbonyl (C=O) groups is 1. The van der Waals surface area contributed by atoms with Gasteiger partial charge in [-0.25, -0.2) is 4.79 Å². The molecule has 0 saturated heterocycles. The van der Waals surface area contributed by atoms with Crippen LogP contribution < -0.4 is 0 Å². The Labute approximate surface area is 100 Å². The zero-order valence-corrected chi connectivity index (χ0v) is 10.2. The lowest BCUT2D eigenvalue weighted by Gasteiger charge is -1.91. The lowest BCUT2D eigenvalue weighted by atomic mass is 10.4. The minimum absolute atomic E-state index is 0.111. The lowest BCUT2D eigenvalue weighted by molar-refractivity contribution is -0.136. The molecule has 0 aromatic carbocycles. The van der Waals surface area contributed by atoms with Gasteiger partial charge in [-0.3, -0.25) is 0 Å². The van der Waals surface area contributed by atoms with E-state index in [2.05, 4.69) is 24.5 Å². The van der Waals surface area contributed by atoms with Gasteiger partial charge >= 0.3 is 5.97 Å². The molecule has 0 radical (unpaired) electrons. The maximum Gasteiger partial charge on any atom is 0.332 e. The second-order valence-electron chi connectivity index (χ2n) is 1.94. The first kappa shape index (κ1) is 19.4. The Morgan fingerprint density at radius 2 is 1.73 bits per heavy atom. The van der Waals surface area contributed by atoms with Crippen LogP contribution in [0.4, 0.5) is 0 Å². The van der Waals surface area contributed by atoms with Gasteiger partial charge in [0.2, 0.25) is 0 Å². The van der Waals surface area contributed by atoms with E-state index in [-0.39, 0.29) is 10.5 Å². The van der Waals surface area contributed by atoms with Crippen molar-refractivity contribution >= 4 is 29.2 Å². The van der Waals surface area contributed by atoms with Crippen molar-refractivity contribution in [3.05, 3.63) is 35.9 Å². The molecule has 0 aromatic heterocycles. The van der Waals surface area contributed by atoms with Gasteiger partial charge < -0.3 is 4.74 Å². The molecule has 0 aromatic rings. The summed E-state index contributed by atoms with van der Waals surface area (Å²) in [5.41, 5.74) is 0.433. The molecule has 0 N–H and O–H groups in total. The van der Waals surface area contributed by atoms with Crippen molar-refractivity contribution in [3.63, 3.8) is 0 Å². The number of hydrogen-bond acceptors (Lipinski definition) is 3. The van der Waals surface area contributed by atoms with Gasteiger partial charge in [0.15, 0.2) is 0 Å². The Balaban J connectivity index is -0.000000155. The fourth-order valence-corrected chi connectivity index (χ4v) is 0.174. The highest BCUT2D eigenvalue weighted by atomic mass is 35.5. The van der Waals surface area contributed by atoms with Crippen LogP contribution in [0, 0.1) is 11.3 Å². The molecule has 0 heterocycles. The Morgan fingerprint density at radius 3 is 1.73 bits per heavy atom. The van der Waals surface area contributed by atoms with Crippen LogP contribution in [0.2, 0.25) is 0 Å². The van der Waals surface area contributed by atoms with Gasteiger partial charge in [-0.1, -0.05) is 42.9 Å². The number of nitrogens with zero attached hydrogens (tertiary/aromatic N) is 1. The molecule has 0 aliphatic rings. The number of hydrogen-bond donors (Lipinski definition) is 0. The summed E-state index contributed by atoms with van der Waals surface area (Å²) in [4.78, 5) is 10.2. The highest BCUT2D eigenvalue weighted by molar-refractivity contribution is 6.55. The van der Waals surface area contributed by atoms with Gasteiger partial charge in [-0.05, 0) is 6.92 Å². The number of esters is 1. The summed E-state index contributed by atoms with van der Waals surface area (Å²) in [7, 11) is 1.33. The monoisotopic (exact) mass is 249 g/mol. The van der Waals surface area contributed by atoms with Crippen molar-refractivity contribution in [1.82, 2.24) is 0 Å². The molecule has 0 amide bonds. The van der Waals surface area contributed by atoms with Gasteiger partial charge in [0, 0.05) is 11.6 Å². The summed E-state index contributed by atoms with van der Waals surface area (Å²) in [5.74, 6) is -0.347. The third-order valence-electron chi connectivity index (χ3n) is 0.625. The highest BCUT2D eigenvalue weighted by Crippen LogP contribution is 1.98. The number of rotatable bonds is 1. The molecule has 0 saturated carbocycles. The Kier molecular flexibility index (Phi) is 19.7. The highest BCUT2D eigenvalue weighted by Gasteiger charge is 1.95. The number of carbonyl (C=O) groups excluding carboxylic acids is 1. The standard InChI is InChI=1S/C5H8O2.C3H3N.C2H2Cl2/c1-4(2)5(6)7-3;1-2-3-4;1-2(3)4/h1H2,2-3H3;2H,1H2;1H2. The van der Waals surface area contributed by atoms with E-state index in [0.29, 0.717) is 5.57 Å². The maximum absolute atomic E-state index is 10.2. The van der Waals surface area contributed by atoms with Gasteiger partial charge in [0.25, 0.3) is 0 Å². The van der Waals surface area contributed by atoms with E-state index in [1.165, 1.54) is 13.2 Å². The van der Waals surface area contributed by atoms with Crippen LogP contribution in [0.1, 0.15) is 6.92 Å². The number of ether oxygens (including phenoxy) is 1. The minimum atomic E-state index is -0.347. The molecule has 0 aliphatic heterocycles. The molecule has 84 valence electrons. The minimum Gasteiger partial charge on any atom is -0.466 e. The quantitative estimate of drug-likeness (QED) is 0.407. The van der Waals surface area contributed by atoms with Crippen LogP contribution in [0.25, 0.3) is 0 Å². The second-order valence-corrected chi connectivity index (χ2v) is 3.05. The first-order valence-electron chi connectivity index (χ1n) is 3.57. The summed E-state index contributed by atoms with van der Waals surface area (Å²) in [6.07, 6.45) is 1.18. The molecule has 0 aliphatic carbocycles. The van der Waals surface area contributed by atoms with Crippen LogP contribution in [0.5, 0.6) is 0 Å². The molecular formula is C10H13Cl2NO2. The molecule has 3 nitrogen and oxygen atoms in total. The number of halogens is 2. The fraction of sp³-hybridized carbons (Fsp3) is 0.200. The third kappa shape index (κ3) is 44.5. The summed E-state index contributed by atoms with van der Waals surface area (Å²) >= 11 is 9.69. The summed E-state index contributed by atoms with van der Waals surface area (Å²) in [6, 6.07) is 1.69. The number of nitriles is 1. The third-order valence-corrected chi connectivity index (χ3v) is 0.625. The van der Waals surface area contributed by atoms with E-state index in [4.69, 9.17) is 28.5 Å². The first-order chi connectivity index (χ1) is 6.83. The second kappa shape index (κ2) is 15.2. The number of allylic oxidation sites excluding steroid dienone is 1. The van der Waals surface area contributed by atoms with E-state index in [1.54, 1.807) is 13.0 Å². The van der Waals surface area contributed by atoms with Crippen molar-refractivity contribution in [2.75, 3.05) is 7.11 Å². The maximum atomic E-state index is 10.2. The SMILES string of the molecule is C=C(C)C(=O)OC.C=C(Cl)Cl.C=CC#N. The predicted molar refractivity (Wildman–Crippen MR) is 63.5 cm³/mol. The summed E-state index contributed by atoms with van der Waals surface area (Å²) in [6.45, 7) is 11.2. The first-order valence-corrected chi connectivity index (χ1v) is 4.33. The molecule has 0 bridgehead atoms. The molecule has 0 unspecified atom stereocenters. The van der Waals surface area contributed by atoms with E-state index >= 15 is 0 Å². The van der Waals surface area contributed by atoms with Crippen LogP contribution in [0.15, 0.2) is 35.9 Å². The Morgan fingerprint density at radius 1 is 1.47 bits per heavy atom. The van der Waals surface area contributed by atoms with E-state index in [9.17, 15) is 4.79 Å². The molecule has 0 rings (SSSR count). The van der Waals surface area contributed by atoms with Gasteiger partial charge in [-0.2, -0.15) is 5.26 Å². The normalized spacial score (nSPS) is 6.33. The Hall–Kier alpha value is -1.24. The van der Waals surface area contributed by atoms with E-state index < -0.39 is 0 Å². The molecule has 5 heteroatoms. The average molecular weight is 250 g/mol. The van der Waals surface area contributed by atoms with Crippen molar-refractivity contribution in [1.29, 1.82) is 5.26 Å². The molecule has 0 fully saturated rings. The zero-order valence-electron chi connectivity index (χ0n) is 8.72. The van der Waals surface area contributed by atoms with Crippen molar-refractivity contribution in [3.8, 4) is 6.07 Å². The smallest absolute Gasteiger partial charge is 0.332 e. The number of methoxy groups -OCH3 is 1. The average Bonchev–Trinajstić information content (AvgIpc) is 2.16. The van der Waals surface area contributed by atoms with Gasteiger partial charge in [-0.15, -0.1) is 0 Å². The lowest BCUT2D eigenvalue weighted by Crippen LogP contribution is -1.98. The Bertz CT molecular complexity index is 263. The van der Waals surface area contributed by atoms with E-state index in [1.807, 2.05) is 0 Å². The molecular weight excluding hydrogens is 237 g/mol. The topological polar surface area (TPSA) is 50.1 Å². The summed E-state index contributed by atoms with van der Waals surface area (Å²) in [5, 5.41) is 7.51. The van der Waals surface area contributed by atoms with Crippen molar-refractivity contribution in [2.45, 2.75) is 6.92 Å². The predicted octanol–water partition coefficient (Wildman–Crippen LogP) is 3.37. The molecule has 0 spiro atoms. The largest absolute Gasteiger partial charge is 0.466 e. The van der Waals surface area contributed by atoms with E-state index in [0.717, 1.165) is 0 Å². The van der Waals surface area contributed by atoms with Crippen LogP contribution in [0.3, 0.4) is 0 Å².